The number of hydrogen-bond acceptors (Lipinski definition) is 16. The quantitative estimate of drug-likeness (QED) is 0.0146. The summed E-state index contributed by atoms with van der Waals surface area (Å²) in [5, 5.41) is 65.3. The topological polar surface area (TPSA) is 513 Å². The molecule has 1 heterocycles. The minimum atomic E-state index is -0.496. The highest BCUT2D eigenvalue weighted by atomic mass is 79.9. The summed E-state index contributed by atoms with van der Waals surface area (Å²) in [6.07, 6.45) is 13.4. The maximum atomic E-state index is 10.4. The fourth-order valence-corrected chi connectivity index (χ4v) is 13.4. The van der Waals surface area contributed by atoms with Gasteiger partial charge in [-0.25, -0.2) is 0 Å². The van der Waals surface area contributed by atoms with Gasteiger partial charge in [0, 0.05) is 130 Å². The molecule has 9 aromatic carbocycles. The van der Waals surface area contributed by atoms with Crippen molar-refractivity contribution in [2.75, 3.05) is 39.3 Å². The second-order valence-electron chi connectivity index (χ2n) is 25.1. The highest BCUT2D eigenvalue weighted by molar-refractivity contribution is 9.10. The number of phenolic OH excluding ortho intramolecular Hbond substituents is 1. The van der Waals surface area contributed by atoms with Crippen molar-refractivity contribution < 1.29 is 9.90 Å². The van der Waals surface area contributed by atoms with Crippen molar-refractivity contribution in [1.82, 2.24) is 0 Å². The van der Waals surface area contributed by atoms with Gasteiger partial charge in [-0.3, -0.25) is 67.2 Å². The lowest BCUT2D eigenvalue weighted by molar-refractivity contribution is -0.116. The zero-order valence-corrected chi connectivity index (χ0v) is 77.7. The Morgan fingerprint density at radius 3 is 1.37 bits per heavy atom. The molecule has 0 aliphatic carbocycles. The zero-order valence-electron chi connectivity index (χ0n) is 66.2. The van der Waals surface area contributed by atoms with E-state index in [9.17, 15) is 4.79 Å². The number of carbonyl (C=O) groups is 1. The number of amidine groups is 6. The van der Waals surface area contributed by atoms with Gasteiger partial charge in [0.05, 0.1) is 74.2 Å². The van der Waals surface area contributed by atoms with Gasteiger partial charge in [0.1, 0.15) is 35.6 Å². The molecular weight excluding hydrogens is 1900 g/mol. The zero-order chi connectivity index (χ0) is 92.1. The molecule has 9 aromatic rings. The number of aryl methyl sites for hydroxylation is 1. The standard InChI is InChI=1S/C11H11Cl2N.C10H11Cl2N3.C10H12Cl2N2.C10H12ClN3.C9H10BrN3.C9H8Cl2N2O.C9H11N3.C8H8Cl2N4O.C8H8Cl2N2/c12-9-4-8(5-10(13)7-9)6-11-2-1-3-14-11;1-6(15-5-9(13)14)10-7(11)3-2-4-8(10)12;11-8-4-2-5-9(12)7(8)3-1-6-10(13)14;1-7-3-2-4-9(11)8(7)5-14-6-10(12)13;10-8-4-2-1-3-7(8)5-13-6-9(11)12;10-7-2-1-3-8(11)6(7)4-13-5-9(12)14;10-9(11)7-12-6-8-4-2-1-3-5-8;9-6-1-4(15)2-7(10)5(6)3-13-14-8(11)12;9-6-2-1-3-7(10)5(6)4-8(11)12/h4-5,7H,1-3,6H2;2-4H,5H2,1H3,(H3,13,14);2,4-5H,1,3,6H2,(H3,13,14);2-5H,6H2,1H3,(H3,12,13);1-5H,6H2,(H3,11,12);1-4H,5H2,(H2,12,14);1-6H,7H2,(H3,10,11);1-3,15H,(H4,11,12,14);1-3H,4H2,(H3,11,12)/b;;;;;;;13-3-;. The van der Waals surface area contributed by atoms with Gasteiger partial charge in [0.25, 0.3) is 0 Å². The van der Waals surface area contributed by atoms with Gasteiger partial charge in [0.15, 0.2) is 0 Å². The Kier molecular flexibility index (Phi) is 54.7. The van der Waals surface area contributed by atoms with E-state index < -0.39 is 5.91 Å². The van der Waals surface area contributed by atoms with E-state index in [0.29, 0.717) is 96.1 Å². The summed E-state index contributed by atoms with van der Waals surface area (Å²) in [4.78, 5) is 34.7. The van der Waals surface area contributed by atoms with Crippen LogP contribution in [-0.4, -0.2) is 134 Å². The number of hydrogen-bond donors (Lipinski definition) is 16. The molecule has 0 unspecified atom stereocenters. The number of aromatic hydroxyl groups is 1. The predicted octanol–water partition coefficient (Wildman–Crippen LogP) is 20.3. The average Bonchev–Trinajstić information content (AvgIpc) is 0.932. The molecule has 1 aliphatic rings. The number of amides is 1. The number of nitrogens with zero attached hydrogens (tertiary/aromatic N) is 8. The second-order valence-corrected chi connectivity index (χ2v) is 31.3. The van der Waals surface area contributed by atoms with E-state index in [1.807, 2.05) is 110 Å². The number of rotatable bonds is 25. The molecule has 0 bridgehead atoms. The number of benzene rings is 9. The molecule has 1 aliphatic heterocycles. The molecule has 0 spiro atoms. The van der Waals surface area contributed by atoms with Crippen LogP contribution in [0.15, 0.2) is 221 Å². The van der Waals surface area contributed by atoms with Gasteiger partial charge < -0.3 is 56.7 Å². The SMILES string of the molecule is CC(=NCC(=N)N)c1c(Cl)cccc1Cl.Cc1cccc(Cl)c1C=NCC(=N)N.Clc1cc(Cl)cc(CC2=NCCC2)c1.N=C(N)CCCc1c(Cl)cccc1Cl.N=C(N)CN=Cc1ccccc1.N=C(N)CN=Cc1ccccc1Br.N=C(N)Cc1c(Cl)cccc1Cl.NC(=O)CN=Cc1c(Cl)cccc1Cl.NC(N)=N/N=C\c1c(Cl)cc(O)cc1Cl. The molecule has 0 aromatic heterocycles. The Morgan fingerprint density at radius 1 is 0.463 bits per heavy atom. The van der Waals surface area contributed by atoms with E-state index in [4.69, 9.17) is 240 Å². The third kappa shape index (κ3) is 48.8. The normalized spacial score (nSPS) is 11.2. The number of guanidine groups is 1. The molecule has 25 N–H and O–H groups in total. The van der Waals surface area contributed by atoms with E-state index in [1.54, 1.807) is 86.2 Å². The van der Waals surface area contributed by atoms with Gasteiger partial charge in [0.2, 0.25) is 11.9 Å². The maximum Gasteiger partial charge on any atom is 0.239 e. The van der Waals surface area contributed by atoms with Crippen molar-refractivity contribution in [2.24, 2.45) is 91.8 Å². The van der Waals surface area contributed by atoms with Crippen molar-refractivity contribution >= 4 is 256 Å². The van der Waals surface area contributed by atoms with E-state index in [2.05, 4.69) is 56.1 Å². The summed E-state index contributed by atoms with van der Waals surface area (Å²) in [6.45, 7) is 5.55. The molecule has 0 saturated carbocycles. The number of halogens is 14. The maximum absolute atomic E-state index is 10.4. The van der Waals surface area contributed by atoms with Gasteiger partial charge >= 0.3 is 0 Å². The van der Waals surface area contributed by atoms with Crippen LogP contribution in [0.2, 0.25) is 65.3 Å². The predicted molar refractivity (Wildman–Crippen MR) is 530 cm³/mol. The lowest BCUT2D eigenvalue weighted by Gasteiger charge is -2.06. The van der Waals surface area contributed by atoms with E-state index in [1.165, 1.54) is 36.7 Å². The van der Waals surface area contributed by atoms with Crippen molar-refractivity contribution in [2.45, 2.75) is 58.8 Å². The molecule has 39 heteroatoms. The molecule has 652 valence electrons. The lowest BCUT2D eigenvalue weighted by atomic mass is 10.1. The van der Waals surface area contributed by atoms with Gasteiger partial charge in [-0.1, -0.05) is 252 Å². The summed E-state index contributed by atoms with van der Waals surface area (Å²) in [6, 6.07) is 52.5. The third-order valence-electron chi connectivity index (χ3n) is 14.8. The number of phenols is 1. The molecular formula is C84H91BrCl13N23O2. The first-order valence-electron chi connectivity index (χ1n) is 36.0. The van der Waals surface area contributed by atoms with Crippen LogP contribution < -0.4 is 51.6 Å². The van der Waals surface area contributed by atoms with Crippen molar-refractivity contribution in [3.63, 3.8) is 0 Å². The number of nitrogens with two attached hydrogens (primary N) is 9. The van der Waals surface area contributed by atoms with E-state index in [-0.39, 0.29) is 89.5 Å². The smallest absolute Gasteiger partial charge is 0.239 e. The number of nitrogens with one attached hydrogen (secondary N) is 6. The van der Waals surface area contributed by atoms with Crippen LogP contribution in [0.3, 0.4) is 0 Å². The molecule has 1 amide bonds. The van der Waals surface area contributed by atoms with E-state index >= 15 is 0 Å². The summed E-state index contributed by atoms with van der Waals surface area (Å²) in [7, 11) is 0. The van der Waals surface area contributed by atoms with Crippen molar-refractivity contribution in [3.8, 4) is 5.75 Å². The number of carbonyl (C=O) groups excluding carboxylic acids is 1. The molecule has 0 fully saturated rings. The fourth-order valence-electron chi connectivity index (χ4n) is 9.30. The summed E-state index contributed by atoms with van der Waals surface area (Å²) in [5.74, 6) is -0.210. The van der Waals surface area contributed by atoms with Gasteiger partial charge in [-0.15, -0.1) is 5.10 Å². The highest BCUT2D eigenvalue weighted by Gasteiger charge is 2.13. The van der Waals surface area contributed by atoms with Crippen LogP contribution in [0, 0.1) is 39.4 Å². The first kappa shape index (κ1) is 109. The van der Waals surface area contributed by atoms with Crippen LogP contribution >= 0.6 is 167 Å². The molecule has 10 rings (SSSR count). The fraction of sp³-hybridized carbons (Fsp3) is 0.179. The van der Waals surface area contributed by atoms with Crippen LogP contribution in [0.4, 0.5) is 0 Å². The van der Waals surface area contributed by atoms with Gasteiger partial charge in [-0.05, 0) is 158 Å². The summed E-state index contributed by atoms with van der Waals surface area (Å²) < 4.78 is 0.988. The Labute approximate surface area is 788 Å². The van der Waals surface area contributed by atoms with Crippen LogP contribution in [0.1, 0.15) is 88.2 Å². The monoisotopic (exact) mass is 1990 g/mol. The Balaban J connectivity index is 0.000000469. The Hall–Kier alpha value is -9.72. The van der Waals surface area contributed by atoms with Gasteiger partial charge in [-0.2, -0.15) is 5.10 Å². The van der Waals surface area contributed by atoms with Crippen LogP contribution in [0.5, 0.6) is 5.75 Å². The average molecular weight is 2000 g/mol. The first-order valence-corrected chi connectivity index (χ1v) is 41.7. The largest absolute Gasteiger partial charge is 0.508 e. The first-order chi connectivity index (χ1) is 58.2. The molecule has 0 atom stereocenters. The lowest BCUT2D eigenvalue weighted by Crippen LogP contribution is -2.21. The molecule has 25 nitrogen and oxygen atoms in total. The Morgan fingerprint density at radius 2 is 0.902 bits per heavy atom. The second kappa shape index (κ2) is 61.6. The van der Waals surface area contributed by atoms with Crippen molar-refractivity contribution in [1.29, 1.82) is 32.5 Å². The summed E-state index contributed by atoms with van der Waals surface area (Å²) >= 11 is 80.1. The van der Waals surface area contributed by atoms with Crippen LogP contribution in [-0.2, 0) is 24.1 Å². The summed E-state index contributed by atoms with van der Waals surface area (Å²) in [5.41, 5.74) is 56.6. The minimum absolute atomic E-state index is 0.0116. The number of aliphatic imine (C=N–C) groups is 6. The highest BCUT2D eigenvalue weighted by Crippen LogP contribution is 2.31. The Bertz CT molecular complexity index is 5040. The molecule has 0 radical (unpaired) electrons. The van der Waals surface area contributed by atoms with Crippen LogP contribution in [0.25, 0.3) is 0 Å². The molecule has 0 saturated heterocycles. The number of primary amides is 1. The van der Waals surface area contributed by atoms with Crippen molar-refractivity contribution in [3.05, 3.63) is 301 Å². The third-order valence-corrected chi connectivity index (χ3v) is 19.6. The van der Waals surface area contributed by atoms with E-state index in [0.717, 1.165) is 70.1 Å². The minimum Gasteiger partial charge on any atom is -0.508 e. The molecule has 123 heavy (non-hydrogen) atoms.